The Morgan fingerprint density at radius 2 is 1.50 bits per heavy atom. The molecular weight excluding hydrogens is 404 g/mol. The molecule has 1 unspecified atom stereocenters. The number of ether oxygens (including phenoxy) is 1. The van der Waals surface area contributed by atoms with Crippen molar-refractivity contribution in [3.05, 3.63) is 114 Å². The van der Waals surface area contributed by atoms with Crippen LogP contribution in [0.25, 0.3) is 11.3 Å². The van der Waals surface area contributed by atoms with Crippen LogP contribution in [-0.4, -0.2) is 16.9 Å². The number of hydrogen-bond acceptors (Lipinski definition) is 5. The summed E-state index contributed by atoms with van der Waals surface area (Å²) < 4.78 is 11.0. The van der Waals surface area contributed by atoms with Crippen molar-refractivity contribution in [2.45, 2.75) is 19.1 Å². The smallest absolute Gasteiger partial charge is 0.308 e. The zero-order chi connectivity index (χ0) is 22.2. The van der Waals surface area contributed by atoms with E-state index in [4.69, 9.17) is 9.15 Å². The highest BCUT2D eigenvalue weighted by Gasteiger charge is 2.20. The van der Waals surface area contributed by atoms with Gasteiger partial charge in [-0.05, 0) is 17.7 Å². The molecule has 0 aliphatic rings. The fourth-order valence-corrected chi connectivity index (χ4v) is 3.25. The van der Waals surface area contributed by atoms with E-state index in [2.05, 4.69) is 10.3 Å². The van der Waals surface area contributed by atoms with Gasteiger partial charge >= 0.3 is 5.97 Å². The summed E-state index contributed by atoms with van der Waals surface area (Å²) in [5, 5.41) is 2.93. The Kier molecular flexibility index (Phi) is 6.72. The molecule has 3 aromatic carbocycles. The molecule has 4 rings (SSSR count). The molecular formula is C26H22N2O4. The number of hydrogen-bond donors (Lipinski definition) is 1. The Balaban J connectivity index is 1.39. The summed E-state index contributed by atoms with van der Waals surface area (Å²) in [5.74, 6) is 0.190. The van der Waals surface area contributed by atoms with Crippen molar-refractivity contribution < 1.29 is 18.7 Å². The van der Waals surface area contributed by atoms with Crippen LogP contribution in [0, 0.1) is 0 Å². The third-order valence-corrected chi connectivity index (χ3v) is 4.88. The standard InChI is InChI=1S/C26H22N2O4/c29-25(31-18-24-27-17-23(32-24)20-12-6-2-7-13-20)16-22(19-10-4-1-5-11-19)28-26(30)21-14-8-3-9-15-21/h1-15,17,22H,16,18H2,(H,28,30). The van der Waals surface area contributed by atoms with Gasteiger partial charge in [0.1, 0.15) is 0 Å². The summed E-state index contributed by atoms with van der Waals surface area (Å²) in [6, 6.07) is 27.2. The van der Waals surface area contributed by atoms with Crippen LogP contribution in [0.1, 0.15) is 34.3 Å². The van der Waals surface area contributed by atoms with E-state index in [9.17, 15) is 9.59 Å². The number of oxazole rings is 1. The van der Waals surface area contributed by atoms with Gasteiger partial charge < -0.3 is 14.5 Å². The molecule has 4 aromatic rings. The normalized spacial score (nSPS) is 11.5. The largest absolute Gasteiger partial charge is 0.456 e. The third kappa shape index (κ3) is 5.49. The summed E-state index contributed by atoms with van der Waals surface area (Å²) >= 11 is 0. The molecule has 0 saturated carbocycles. The van der Waals surface area contributed by atoms with Crippen LogP contribution in [0.15, 0.2) is 102 Å². The predicted molar refractivity (Wildman–Crippen MR) is 119 cm³/mol. The second-order valence-electron chi connectivity index (χ2n) is 7.15. The van der Waals surface area contributed by atoms with E-state index >= 15 is 0 Å². The first kappa shape index (κ1) is 21.1. The van der Waals surface area contributed by atoms with Crippen LogP contribution >= 0.6 is 0 Å². The van der Waals surface area contributed by atoms with E-state index in [1.807, 2.05) is 66.7 Å². The topological polar surface area (TPSA) is 81.4 Å². The molecule has 6 heteroatoms. The third-order valence-electron chi connectivity index (χ3n) is 4.88. The highest BCUT2D eigenvalue weighted by atomic mass is 16.5. The van der Waals surface area contributed by atoms with Gasteiger partial charge in [0.25, 0.3) is 5.91 Å². The Morgan fingerprint density at radius 1 is 0.875 bits per heavy atom. The maximum atomic E-state index is 12.6. The van der Waals surface area contributed by atoms with Crippen molar-refractivity contribution in [2.24, 2.45) is 0 Å². The van der Waals surface area contributed by atoms with Gasteiger partial charge in [-0.3, -0.25) is 9.59 Å². The number of nitrogens with one attached hydrogen (secondary N) is 1. The zero-order valence-electron chi connectivity index (χ0n) is 17.3. The molecule has 1 heterocycles. The van der Waals surface area contributed by atoms with Crippen molar-refractivity contribution >= 4 is 11.9 Å². The van der Waals surface area contributed by atoms with Gasteiger partial charge in [0, 0.05) is 11.1 Å². The number of benzene rings is 3. The minimum absolute atomic E-state index is 0.0190. The van der Waals surface area contributed by atoms with E-state index in [0.717, 1.165) is 11.1 Å². The average Bonchev–Trinajstić information content (AvgIpc) is 3.33. The maximum Gasteiger partial charge on any atom is 0.308 e. The summed E-state index contributed by atoms with van der Waals surface area (Å²) in [6.45, 7) is -0.0835. The van der Waals surface area contributed by atoms with Crippen LogP contribution < -0.4 is 5.32 Å². The van der Waals surface area contributed by atoms with Crippen LogP contribution in [0.3, 0.4) is 0 Å². The molecule has 6 nitrogen and oxygen atoms in total. The Labute approximate surface area is 185 Å². The van der Waals surface area contributed by atoms with Crippen LogP contribution in [0.2, 0.25) is 0 Å². The second kappa shape index (κ2) is 10.2. The number of nitrogens with zero attached hydrogens (tertiary/aromatic N) is 1. The minimum Gasteiger partial charge on any atom is -0.456 e. The van der Waals surface area contributed by atoms with Gasteiger partial charge in [0.05, 0.1) is 18.7 Å². The lowest BCUT2D eigenvalue weighted by Crippen LogP contribution is -2.30. The SMILES string of the molecule is O=C(CC(NC(=O)c1ccccc1)c1ccccc1)OCc1ncc(-c2ccccc2)o1. The molecule has 1 atom stereocenters. The number of aromatic nitrogens is 1. The molecule has 0 bridgehead atoms. The second-order valence-corrected chi connectivity index (χ2v) is 7.15. The van der Waals surface area contributed by atoms with Crippen LogP contribution in [-0.2, 0) is 16.1 Å². The summed E-state index contributed by atoms with van der Waals surface area (Å²) in [6.07, 6.45) is 1.58. The Hall–Kier alpha value is -4.19. The van der Waals surface area contributed by atoms with Gasteiger partial charge in [0.15, 0.2) is 12.4 Å². The molecule has 0 radical (unpaired) electrons. The number of carbonyl (C=O) groups is 2. The molecule has 0 aliphatic heterocycles. The Morgan fingerprint density at radius 3 is 2.19 bits per heavy atom. The van der Waals surface area contributed by atoms with Gasteiger partial charge in [-0.25, -0.2) is 4.98 Å². The first-order valence-corrected chi connectivity index (χ1v) is 10.3. The quantitative estimate of drug-likeness (QED) is 0.403. The number of carbonyl (C=O) groups excluding carboxylic acids is 2. The maximum absolute atomic E-state index is 12.6. The lowest BCUT2D eigenvalue weighted by molar-refractivity contribution is -0.146. The van der Waals surface area contributed by atoms with Gasteiger partial charge in [-0.2, -0.15) is 0 Å². The molecule has 1 amide bonds. The fraction of sp³-hybridized carbons (Fsp3) is 0.115. The summed E-state index contributed by atoms with van der Waals surface area (Å²) in [7, 11) is 0. The minimum atomic E-state index is -0.527. The van der Waals surface area contributed by atoms with Crippen molar-refractivity contribution in [3.63, 3.8) is 0 Å². The number of rotatable bonds is 8. The lowest BCUT2D eigenvalue weighted by Gasteiger charge is -2.18. The molecule has 160 valence electrons. The van der Waals surface area contributed by atoms with E-state index in [-0.39, 0.29) is 18.9 Å². The summed E-state index contributed by atoms with van der Waals surface area (Å²) in [4.78, 5) is 29.4. The fourth-order valence-electron chi connectivity index (χ4n) is 3.25. The molecule has 32 heavy (non-hydrogen) atoms. The Bertz CT molecular complexity index is 1160. The van der Waals surface area contributed by atoms with Crippen molar-refractivity contribution in [3.8, 4) is 11.3 Å². The molecule has 0 spiro atoms. The highest BCUT2D eigenvalue weighted by Crippen LogP contribution is 2.21. The molecule has 1 aromatic heterocycles. The average molecular weight is 426 g/mol. The van der Waals surface area contributed by atoms with Gasteiger partial charge in [0.2, 0.25) is 5.89 Å². The number of esters is 1. The number of amides is 1. The summed E-state index contributed by atoms with van der Waals surface area (Å²) in [5.41, 5.74) is 2.23. The van der Waals surface area contributed by atoms with Crippen LogP contribution in [0.4, 0.5) is 0 Å². The first-order valence-electron chi connectivity index (χ1n) is 10.3. The zero-order valence-corrected chi connectivity index (χ0v) is 17.3. The van der Waals surface area contributed by atoms with Gasteiger partial charge in [-0.1, -0.05) is 78.9 Å². The predicted octanol–water partition coefficient (Wildman–Crippen LogP) is 4.95. The van der Waals surface area contributed by atoms with E-state index < -0.39 is 12.0 Å². The van der Waals surface area contributed by atoms with Crippen molar-refractivity contribution in [1.82, 2.24) is 10.3 Å². The van der Waals surface area contributed by atoms with E-state index in [1.165, 1.54) is 0 Å². The first-order chi connectivity index (χ1) is 15.7. The van der Waals surface area contributed by atoms with Crippen LogP contribution in [0.5, 0.6) is 0 Å². The van der Waals surface area contributed by atoms with Crippen molar-refractivity contribution in [2.75, 3.05) is 0 Å². The lowest BCUT2D eigenvalue weighted by atomic mass is 10.0. The highest BCUT2D eigenvalue weighted by molar-refractivity contribution is 5.94. The molecule has 0 fully saturated rings. The van der Waals surface area contributed by atoms with Crippen molar-refractivity contribution in [1.29, 1.82) is 0 Å². The van der Waals surface area contributed by atoms with E-state index in [0.29, 0.717) is 17.2 Å². The molecule has 0 saturated heterocycles. The van der Waals surface area contributed by atoms with E-state index in [1.54, 1.807) is 30.5 Å². The molecule has 1 N–H and O–H groups in total. The van der Waals surface area contributed by atoms with Gasteiger partial charge in [-0.15, -0.1) is 0 Å². The monoisotopic (exact) mass is 426 g/mol. The molecule has 0 aliphatic carbocycles.